The number of anilines is 2. The highest BCUT2D eigenvalue weighted by molar-refractivity contribution is 7.93. The van der Waals surface area contributed by atoms with E-state index in [1.807, 2.05) is 6.07 Å². The number of methoxy groups -OCH3 is 1. The first-order valence-corrected chi connectivity index (χ1v) is 8.81. The number of hydrogen-bond acceptors (Lipinski definition) is 6. The zero-order valence-electron chi connectivity index (χ0n) is 13.6. The van der Waals surface area contributed by atoms with Crippen LogP contribution in [0.15, 0.2) is 27.5 Å². The van der Waals surface area contributed by atoms with Crippen LogP contribution < -0.4 is 10.0 Å². The number of benzene rings is 1. The summed E-state index contributed by atoms with van der Waals surface area (Å²) in [6.45, 7) is 3.30. The largest absolute Gasteiger partial charge is 0.465 e. The molecule has 0 aliphatic carbocycles. The van der Waals surface area contributed by atoms with Crippen LogP contribution in [-0.2, 0) is 21.2 Å². The maximum absolute atomic E-state index is 13.2. The Bertz CT molecular complexity index is 930. The molecule has 1 aliphatic heterocycles. The van der Waals surface area contributed by atoms with Crippen molar-refractivity contribution in [3.63, 3.8) is 0 Å². The van der Waals surface area contributed by atoms with Crippen LogP contribution in [-0.4, -0.2) is 28.0 Å². The summed E-state index contributed by atoms with van der Waals surface area (Å²) in [7, 11) is -2.81. The number of ether oxygens (including phenoxy) is 1. The molecular formula is C16H18N2O5S. The number of nitrogens with two attached hydrogens (primary N) is 1. The van der Waals surface area contributed by atoms with Crippen molar-refractivity contribution < 1.29 is 22.4 Å². The summed E-state index contributed by atoms with van der Waals surface area (Å²) in [5, 5.41) is 0. The van der Waals surface area contributed by atoms with Gasteiger partial charge < -0.3 is 14.9 Å². The monoisotopic (exact) mass is 350 g/mol. The molecule has 2 heterocycles. The van der Waals surface area contributed by atoms with Gasteiger partial charge in [-0.3, -0.25) is 4.31 Å². The van der Waals surface area contributed by atoms with Crippen molar-refractivity contribution in [3.05, 3.63) is 40.8 Å². The molecule has 2 N–H and O–H groups in total. The Morgan fingerprint density at radius 3 is 2.67 bits per heavy atom. The van der Waals surface area contributed by atoms with Crippen molar-refractivity contribution in [1.82, 2.24) is 0 Å². The van der Waals surface area contributed by atoms with E-state index in [0.717, 1.165) is 5.56 Å². The van der Waals surface area contributed by atoms with Crippen LogP contribution in [0.4, 0.5) is 11.4 Å². The number of furan rings is 1. The minimum Gasteiger partial charge on any atom is -0.465 e. The van der Waals surface area contributed by atoms with Gasteiger partial charge >= 0.3 is 5.97 Å². The third kappa shape index (κ3) is 2.25. The van der Waals surface area contributed by atoms with Gasteiger partial charge in [-0.25, -0.2) is 13.2 Å². The summed E-state index contributed by atoms with van der Waals surface area (Å²) < 4.78 is 37.8. The maximum atomic E-state index is 13.2. The number of para-hydroxylation sites is 1. The molecule has 0 unspecified atom stereocenters. The van der Waals surface area contributed by atoms with Crippen LogP contribution in [0.2, 0.25) is 0 Å². The summed E-state index contributed by atoms with van der Waals surface area (Å²) >= 11 is 0. The SMILES string of the molecule is COC(=O)c1c(C)oc(C)c1S(=O)(=O)N1CCc2cccc(N)c21. The summed E-state index contributed by atoms with van der Waals surface area (Å²) in [5.41, 5.74) is 7.61. The van der Waals surface area contributed by atoms with Gasteiger partial charge in [-0.2, -0.15) is 0 Å². The molecule has 1 aliphatic rings. The molecule has 0 atom stereocenters. The van der Waals surface area contributed by atoms with Crippen molar-refractivity contribution in [3.8, 4) is 0 Å². The maximum Gasteiger partial charge on any atom is 0.342 e. The number of fused-ring (bicyclic) bond motifs is 1. The number of sulfonamides is 1. The van der Waals surface area contributed by atoms with E-state index in [1.54, 1.807) is 12.1 Å². The molecule has 0 amide bonds. The number of nitrogen functional groups attached to an aromatic ring is 1. The Balaban J connectivity index is 2.21. The lowest BCUT2D eigenvalue weighted by atomic mass is 10.1. The Morgan fingerprint density at radius 2 is 2.00 bits per heavy atom. The Labute approximate surface area is 140 Å². The second-order valence-electron chi connectivity index (χ2n) is 5.59. The normalized spacial score (nSPS) is 13.9. The summed E-state index contributed by atoms with van der Waals surface area (Å²) in [5.74, 6) is -0.391. The lowest BCUT2D eigenvalue weighted by Crippen LogP contribution is -2.31. The van der Waals surface area contributed by atoms with Crippen LogP contribution in [0, 0.1) is 13.8 Å². The number of esters is 1. The van der Waals surface area contributed by atoms with Crippen LogP contribution >= 0.6 is 0 Å². The van der Waals surface area contributed by atoms with Gasteiger partial charge in [0, 0.05) is 6.54 Å². The third-order valence-corrected chi connectivity index (χ3v) is 6.08. The van der Waals surface area contributed by atoms with Gasteiger partial charge in [0.05, 0.1) is 18.5 Å². The first-order valence-electron chi connectivity index (χ1n) is 7.37. The van der Waals surface area contributed by atoms with E-state index in [2.05, 4.69) is 0 Å². The second-order valence-corrected chi connectivity index (χ2v) is 7.39. The third-order valence-electron chi connectivity index (χ3n) is 4.13. The van der Waals surface area contributed by atoms with Gasteiger partial charge in [-0.15, -0.1) is 0 Å². The highest BCUT2D eigenvalue weighted by Gasteiger charge is 2.39. The smallest absolute Gasteiger partial charge is 0.342 e. The topological polar surface area (TPSA) is 103 Å². The molecule has 0 fully saturated rings. The fraction of sp³-hybridized carbons (Fsp3) is 0.312. The van der Waals surface area contributed by atoms with E-state index in [-0.39, 0.29) is 28.5 Å². The van der Waals surface area contributed by atoms with Crippen molar-refractivity contribution in [2.75, 3.05) is 23.7 Å². The molecule has 0 radical (unpaired) electrons. The molecule has 2 aromatic rings. The second kappa shape index (κ2) is 5.55. The molecule has 8 heteroatoms. The Kier molecular flexibility index (Phi) is 3.79. The molecule has 128 valence electrons. The highest BCUT2D eigenvalue weighted by Crippen LogP contribution is 2.39. The lowest BCUT2D eigenvalue weighted by molar-refractivity contribution is 0.0595. The van der Waals surface area contributed by atoms with E-state index in [1.165, 1.54) is 25.3 Å². The van der Waals surface area contributed by atoms with Crippen LogP contribution in [0.25, 0.3) is 0 Å². The highest BCUT2D eigenvalue weighted by atomic mass is 32.2. The number of aryl methyl sites for hydroxylation is 2. The molecule has 1 aromatic carbocycles. The minimum absolute atomic E-state index is 0.0713. The fourth-order valence-corrected chi connectivity index (χ4v) is 5.02. The minimum atomic E-state index is -4.01. The molecule has 3 rings (SSSR count). The summed E-state index contributed by atoms with van der Waals surface area (Å²) in [6, 6.07) is 5.29. The molecule has 0 saturated carbocycles. The van der Waals surface area contributed by atoms with Crippen LogP contribution in [0.5, 0.6) is 0 Å². The number of hydrogen-bond donors (Lipinski definition) is 1. The molecule has 0 bridgehead atoms. The van der Waals surface area contributed by atoms with Gasteiger partial charge in [0.1, 0.15) is 22.0 Å². The van der Waals surface area contributed by atoms with Crippen LogP contribution in [0.1, 0.15) is 27.4 Å². The van der Waals surface area contributed by atoms with E-state index >= 15 is 0 Å². The summed E-state index contributed by atoms with van der Waals surface area (Å²) in [6.07, 6.45) is 0.559. The quantitative estimate of drug-likeness (QED) is 0.671. The average Bonchev–Trinajstić information content (AvgIpc) is 3.09. The number of rotatable bonds is 3. The van der Waals surface area contributed by atoms with Gasteiger partial charge in [0.25, 0.3) is 10.0 Å². The first kappa shape index (κ1) is 16.4. The lowest BCUT2D eigenvalue weighted by Gasteiger charge is -2.21. The average molecular weight is 350 g/mol. The predicted molar refractivity (Wildman–Crippen MR) is 88.6 cm³/mol. The number of carbonyl (C=O) groups is 1. The Morgan fingerprint density at radius 1 is 1.29 bits per heavy atom. The van der Waals surface area contributed by atoms with E-state index < -0.39 is 16.0 Å². The van der Waals surface area contributed by atoms with Gasteiger partial charge in [-0.05, 0) is 31.9 Å². The Hall–Kier alpha value is -2.48. The van der Waals surface area contributed by atoms with E-state index in [4.69, 9.17) is 14.9 Å². The zero-order valence-corrected chi connectivity index (χ0v) is 14.4. The molecule has 0 saturated heterocycles. The van der Waals surface area contributed by atoms with Crippen molar-refractivity contribution in [2.24, 2.45) is 0 Å². The molecule has 7 nitrogen and oxygen atoms in total. The van der Waals surface area contributed by atoms with Gasteiger partial charge in [-0.1, -0.05) is 12.1 Å². The van der Waals surface area contributed by atoms with E-state index in [9.17, 15) is 13.2 Å². The molecule has 24 heavy (non-hydrogen) atoms. The fourth-order valence-electron chi connectivity index (χ4n) is 3.11. The van der Waals surface area contributed by atoms with E-state index in [0.29, 0.717) is 17.8 Å². The molecule has 0 spiro atoms. The van der Waals surface area contributed by atoms with Crippen molar-refractivity contribution in [2.45, 2.75) is 25.2 Å². The standard InChI is InChI=1S/C16H18N2O5S/c1-9-13(16(19)22-3)15(10(2)23-9)24(20,21)18-8-7-11-5-4-6-12(17)14(11)18/h4-6H,7-8,17H2,1-3H3. The van der Waals surface area contributed by atoms with Crippen LogP contribution in [0.3, 0.4) is 0 Å². The van der Waals surface area contributed by atoms with Gasteiger partial charge in [0.2, 0.25) is 0 Å². The first-order chi connectivity index (χ1) is 11.3. The van der Waals surface area contributed by atoms with Crippen molar-refractivity contribution >= 4 is 27.4 Å². The summed E-state index contributed by atoms with van der Waals surface area (Å²) in [4.78, 5) is 11.9. The predicted octanol–water partition coefficient (Wildman–Crippen LogP) is 2.02. The number of nitrogens with zero attached hydrogens (tertiary/aromatic N) is 1. The zero-order chi connectivity index (χ0) is 17.6. The van der Waals surface area contributed by atoms with Gasteiger partial charge in [0.15, 0.2) is 0 Å². The number of carbonyl (C=O) groups excluding carboxylic acids is 1. The molecule has 1 aromatic heterocycles. The van der Waals surface area contributed by atoms with Crippen molar-refractivity contribution in [1.29, 1.82) is 0 Å². The molecular weight excluding hydrogens is 332 g/mol.